The zero-order valence-corrected chi connectivity index (χ0v) is 12.4. The van der Waals surface area contributed by atoms with E-state index in [9.17, 15) is 9.90 Å². The fourth-order valence-electron chi connectivity index (χ4n) is 2.73. The van der Waals surface area contributed by atoms with Crippen molar-refractivity contribution in [1.29, 1.82) is 0 Å². The van der Waals surface area contributed by atoms with Gasteiger partial charge in [0, 0.05) is 13.6 Å². The van der Waals surface area contributed by atoms with Gasteiger partial charge < -0.3 is 14.6 Å². The van der Waals surface area contributed by atoms with E-state index < -0.39 is 6.10 Å². The van der Waals surface area contributed by atoms with Gasteiger partial charge >= 0.3 is 0 Å². The lowest BCUT2D eigenvalue weighted by atomic mass is 10.2. The Morgan fingerprint density at radius 3 is 2.90 bits per heavy atom. The van der Waals surface area contributed by atoms with E-state index in [-0.39, 0.29) is 11.9 Å². The second-order valence-electron chi connectivity index (χ2n) is 5.94. The smallest absolute Gasteiger partial charge is 0.245 e. The number of fused-ring (bicyclic) bond motifs is 1. The van der Waals surface area contributed by atoms with Crippen molar-refractivity contribution >= 4 is 16.9 Å². The highest BCUT2D eigenvalue weighted by Crippen LogP contribution is 2.33. The van der Waals surface area contributed by atoms with Crippen LogP contribution >= 0.6 is 0 Å². The van der Waals surface area contributed by atoms with E-state index in [2.05, 4.69) is 4.98 Å². The maximum Gasteiger partial charge on any atom is 0.245 e. The number of imidazole rings is 1. The van der Waals surface area contributed by atoms with Crippen LogP contribution in [0.1, 0.15) is 25.8 Å². The van der Waals surface area contributed by atoms with E-state index in [0.29, 0.717) is 12.5 Å². The van der Waals surface area contributed by atoms with Crippen molar-refractivity contribution < 1.29 is 9.90 Å². The van der Waals surface area contributed by atoms with Gasteiger partial charge in [-0.15, -0.1) is 0 Å². The summed E-state index contributed by atoms with van der Waals surface area (Å²) in [5, 5.41) is 9.98. The van der Waals surface area contributed by atoms with E-state index in [0.717, 1.165) is 23.9 Å². The Hall–Kier alpha value is -1.88. The Balaban J connectivity index is 1.74. The van der Waals surface area contributed by atoms with Gasteiger partial charge in [0.25, 0.3) is 0 Å². The first kappa shape index (κ1) is 14.1. The topological polar surface area (TPSA) is 58.4 Å². The minimum atomic E-state index is -0.398. The number of amides is 1. The van der Waals surface area contributed by atoms with Gasteiger partial charge in [0.15, 0.2) is 0 Å². The van der Waals surface area contributed by atoms with Crippen LogP contribution in [0.25, 0.3) is 11.0 Å². The van der Waals surface area contributed by atoms with Crippen LogP contribution < -0.4 is 0 Å². The number of aliphatic hydroxyl groups excluding tert-OH is 1. The standard InChI is InChI=1S/C16H21N3O2/c1-11(16(21)18(2)9-15(20)12-7-8-12)19-10-17-13-5-3-4-6-14(13)19/h3-6,10-12,15,20H,7-9H2,1-2H3. The Bertz CT molecular complexity index is 648. The number of hydrogen-bond donors (Lipinski definition) is 1. The number of para-hydroxylation sites is 2. The lowest BCUT2D eigenvalue weighted by Crippen LogP contribution is -2.38. The Morgan fingerprint density at radius 1 is 1.48 bits per heavy atom. The third-order valence-corrected chi connectivity index (χ3v) is 4.26. The number of carbonyl (C=O) groups is 1. The number of benzene rings is 1. The van der Waals surface area contributed by atoms with Gasteiger partial charge in [-0.25, -0.2) is 4.98 Å². The van der Waals surface area contributed by atoms with Gasteiger partial charge in [-0.05, 0) is 37.8 Å². The van der Waals surface area contributed by atoms with E-state index in [1.54, 1.807) is 18.3 Å². The molecule has 2 atom stereocenters. The van der Waals surface area contributed by atoms with Gasteiger partial charge in [0.2, 0.25) is 5.91 Å². The summed E-state index contributed by atoms with van der Waals surface area (Å²) in [6.45, 7) is 2.27. The summed E-state index contributed by atoms with van der Waals surface area (Å²) >= 11 is 0. The molecule has 1 aromatic carbocycles. The Kier molecular flexibility index (Phi) is 3.68. The molecule has 0 spiro atoms. The van der Waals surface area contributed by atoms with Crippen molar-refractivity contribution in [3.05, 3.63) is 30.6 Å². The molecule has 3 rings (SSSR count). The predicted molar refractivity (Wildman–Crippen MR) is 80.8 cm³/mol. The molecule has 1 aliphatic carbocycles. The van der Waals surface area contributed by atoms with Gasteiger partial charge in [0.05, 0.1) is 23.5 Å². The summed E-state index contributed by atoms with van der Waals surface area (Å²) in [6, 6.07) is 7.45. The van der Waals surface area contributed by atoms with E-state index in [1.165, 1.54) is 0 Å². The first-order valence-electron chi connectivity index (χ1n) is 7.42. The van der Waals surface area contributed by atoms with Crippen LogP contribution in [0.5, 0.6) is 0 Å². The first-order chi connectivity index (χ1) is 10.1. The van der Waals surface area contributed by atoms with Crippen molar-refractivity contribution in [2.75, 3.05) is 13.6 Å². The van der Waals surface area contributed by atoms with Crippen molar-refractivity contribution in [2.45, 2.75) is 31.9 Å². The van der Waals surface area contributed by atoms with Crippen LogP contribution in [-0.4, -0.2) is 45.2 Å². The van der Waals surface area contributed by atoms with E-state index >= 15 is 0 Å². The molecule has 2 unspecified atom stereocenters. The lowest BCUT2D eigenvalue weighted by molar-refractivity contribution is -0.134. The summed E-state index contributed by atoms with van der Waals surface area (Å²) in [5.74, 6) is 0.377. The molecule has 0 radical (unpaired) electrons. The average Bonchev–Trinajstić information content (AvgIpc) is 3.25. The summed E-state index contributed by atoms with van der Waals surface area (Å²) in [5.41, 5.74) is 1.84. The van der Waals surface area contributed by atoms with Crippen LogP contribution in [0.3, 0.4) is 0 Å². The average molecular weight is 287 g/mol. The van der Waals surface area contributed by atoms with Gasteiger partial charge in [-0.1, -0.05) is 12.1 Å². The van der Waals surface area contributed by atoms with Crippen LogP contribution in [-0.2, 0) is 4.79 Å². The zero-order chi connectivity index (χ0) is 15.0. The van der Waals surface area contributed by atoms with Gasteiger partial charge in [-0.2, -0.15) is 0 Å². The predicted octanol–water partition coefficient (Wildman–Crippen LogP) is 1.83. The molecule has 1 heterocycles. The van der Waals surface area contributed by atoms with Crippen LogP contribution in [0.2, 0.25) is 0 Å². The van der Waals surface area contributed by atoms with Crippen LogP contribution in [0, 0.1) is 5.92 Å². The fourth-order valence-corrected chi connectivity index (χ4v) is 2.73. The van der Waals surface area contributed by atoms with Gasteiger partial charge in [0.1, 0.15) is 6.04 Å². The summed E-state index contributed by atoms with van der Waals surface area (Å²) < 4.78 is 1.89. The number of likely N-dealkylation sites (N-methyl/N-ethyl adjacent to an activating group) is 1. The normalized spacial score (nSPS) is 17.7. The Labute approximate surface area is 124 Å². The molecule has 112 valence electrons. The maximum atomic E-state index is 12.5. The number of aliphatic hydroxyl groups is 1. The SMILES string of the molecule is CC(C(=O)N(C)CC(O)C1CC1)n1cnc2ccccc21. The molecule has 21 heavy (non-hydrogen) atoms. The molecule has 1 fully saturated rings. The zero-order valence-electron chi connectivity index (χ0n) is 12.4. The van der Waals surface area contributed by atoms with Crippen LogP contribution in [0.4, 0.5) is 0 Å². The second kappa shape index (κ2) is 5.48. The summed E-state index contributed by atoms with van der Waals surface area (Å²) in [6.07, 6.45) is 3.46. The maximum absolute atomic E-state index is 12.5. The second-order valence-corrected chi connectivity index (χ2v) is 5.94. The highest BCUT2D eigenvalue weighted by Gasteiger charge is 2.32. The molecule has 1 N–H and O–H groups in total. The third kappa shape index (κ3) is 2.78. The van der Waals surface area contributed by atoms with E-state index in [1.807, 2.05) is 35.8 Å². The molecule has 1 aromatic heterocycles. The van der Waals surface area contributed by atoms with Crippen molar-refractivity contribution in [3.63, 3.8) is 0 Å². The summed E-state index contributed by atoms with van der Waals surface area (Å²) in [4.78, 5) is 18.5. The van der Waals surface area contributed by atoms with E-state index in [4.69, 9.17) is 0 Å². The molecule has 0 bridgehead atoms. The molecule has 0 aliphatic heterocycles. The molecule has 1 amide bonds. The molecule has 1 aliphatic rings. The number of hydrogen-bond acceptors (Lipinski definition) is 3. The van der Waals surface area contributed by atoms with Gasteiger partial charge in [-0.3, -0.25) is 4.79 Å². The molecular formula is C16H21N3O2. The quantitative estimate of drug-likeness (QED) is 0.912. The van der Waals surface area contributed by atoms with Crippen molar-refractivity contribution in [1.82, 2.24) is 14.5 Å². The fraction of sp³-hybridized carbons (Fsp3) is 0.500. The highest BCUT2D eigenvalue weighted by molar-refractivity contribution is 5.83. The van der Waals surface area contributed by atoms with Crippen LogP contribution in [0.15, 0.2) is 30.6 Å². The Morgan fingerprint density at radius 2 is 2.19 bits per heavy atom. The minimum Gasteiger partial charge on any atom is -0.391 e. The molecular weight excluding hydrogens is 266 g/mol. The van der Waals surface area contributed by atoms with Crippen molar-refractivity contribution in [3.8, 4) is 0 Å². The highest BCUT2D eigenvalue weighted by atomic mass is 16.3. The third-order valence-electron chi connectivity index (χ3n) is 4.26. The van der Waals surface area contributed by atoms with Crippen molar-refractivity contribution in [2.24, 2.45) is 5.92 Å². The minimum absolute atomic E-state index is 0.00199. The monoisotopic (exact) mass is 287 g/mol. The molecule has 5 heteroatoms. The molecule has 5 nitrogen and oxygen atoms in total. The number of aromatic nitrogens is 2. The molecule has 2 aromatic rings. The number of rotatable bonds is 5. The molecule has 1 saturated carbocycles. The first-order valence-corrected chi connectivity index (χ1v) is 7.42. The largest absolute Gasteiger partial charge is 0.391 e. The summed E-state index contributed by atoms with van der Waals surface area (Å²) in [7, 11) is 1.75. The molecule has 0 saturated heterocycles. The number of carbonyl (C=O) groups excluding carboxylic acids is 1. The lowest BCUT2D eigenvalue weighted by Gasteiger charge is -2.24. The number of nitrogens with zero attached hydrogens (tertiary/aromatic N) is 3.